The Balaban J connectivity index is 2.08. The molecule has 0 bridgehead atoms. The van der Waals surface area contributed by atoms with Crippen molar-refractivity contribution in [2.24, 2.45) is 5.92 Å². The van der Waals surface area contributed by atoms with E-state index >= 15 is 0 Å². The van der Waals surface area contributed by atoms with E-state index in [-0.39, 0.29) is 0 Å². The van der Waals surface area contributed by atoms with Crippen LogP contribution in [0.3, 0.4) is 0 Å². The summed E-state index contributed by atoms with van der Waals surface area (Å²) in [7, 11) is 0. The minimum atomic E-state index is 0.824. The highest BCUT2D eigenvalue weighted by molar-refractivity contribution is 5.77. The molecular weight excluding hydrogens is 184 g/mol. The number of benzene rings is 1. The van der Waals surface area contributed by atoms with Crippen molar-refractivity contribution >= 4 is 6.29 Å². The second-order valence-corrected chi connectivity index (χ2v) is 4.66. The summed E-state index contributed by atoms with van der Waals surface area (Å²) < 4.78 is 0. The molecule has 1 aliphatic rings. The van der Waals surface area contributed by atoms with Crippen LogP contribution in [0, 0.1) is 12.8 Å². The van der Waals surface area contributed by atoms with Crippen LogP contribution in [-0.4, -0.2) is 6.29 Å². The molecule has 0 spiro atoms. The Bertz CT molecular complexity index is 348. The number of aldehydes is 1. The molecular formula is C14H18O. The first-order valence-electron chi connectivity index (χ1n) is 5.84. The Kier molecular flexibility index (Phi) is 3.20. The lowest BCUT2D eigenvalue weighted by atomic mass is 9.95. The van der Waals surface area contributed by atoms with Gasteiger partial charge in [0.25, 0.3) is 0 Å². The molecule has 0 heterocycles. The summed E-state index contributed by atoms with van der Waals surface area (Å²) in [6.07, 6.45) is 7.70. The Morgan fingerprint density at radius 3 is 2.67 bits per heavy atom. The molecule has 1 heteroatoms. The molecule has 80 valence electrons. The first-order valence-corrected chi connectivity index (χ1v) is 5.84. The van der Waals surface area contributed by atoms with E-state index in [0.717, 1.165) is 23.3 Å². The van der Waals surface area contributed by atoms with Gasteiger partial charge in [0.05, 0.1) is 0 Å². The average Bonchev–Trinajstić information content (AvgIpc) is 2.71. The third-order valence-electron chi connectivity index (χ3n) is 3.46. The predicted molar refractivity (Wildman–Crippen MR) is 62.2 cm³/mol. The number of hydrogen-bond donors (Lipinski definition) is 0. The summed E-state index contributed by atoms with van der Waals surface area (Å²) >= 11 is 0. The highest BCUT2D eigenvalue weighted by Crippen LogP contribution is 2.28. The lowest BCUT2D eigenvalue weighted by Crippen LogP contribution is -1.99. The monoisotopic (exact) mass is 202 g/mol. The maximum absolute atomic E-state index is 10.7. The van der Waals surface area contributed by atoms with Gasteiger partial charge in [0.2, 0.25) is 0 Å². The van der Waals surface area contributed by atoms with E-state index in [1.807, 2.05) is 13.0 Å². The molecule has 0 saturated heterocycles. The Morgan fingerprint density at radius 1 is 1.33 bits per heavy atom. The van der Waals surface area contributed by atoms with E-state index in [1.165, 1.54) is 37.7 Å². The van der Waals surface area contributed by atoms with Crippen molar-refractivity contribution in [1.29, 1.82) is 0 Å². The van der Waals surface area contributed by atoms with Gasteiger partial charge < -0.3 is 0 Å². The second kappa shape index (κ2) is 4.61. The van der Waals surface area contributed by atoms with Gasteiger partial charge in [-0.2, -0.15) is 0 Å². The van der Waals surface area contributed by atoms with Gasteiger partial charge in [0.1, 0.15) is 6.29 Å². The van der Waals surface area contributed by atoms with Crippen LogP contribution in [-0.2, 0) is 6.42 Å². The van der Waals surface area contributed by atoms with Crippen LogP contribution in [0.2, 0.25) is 0 Å². The SMILES string of the molecule is Cc1cc(CC2CCCC2)ccc1C=O. The fourth-order valence-electron chi connectivity index (χ4n) is 2.54. The van der Waals surface area contributed by atoms with Gasteiger partial charge in [-0.05, 0) is 30.4 Å². The van der Waals surface area contributed by atoms with E-state index in [2.05, 4.69) is 12.1 Å². The Morgan fingerprint density at radius 2 is 2.07 bits per heavy atom. The molecule has 0 amide bonds. The first kappa shape index (κ1) is 10.4. The van der Waals surface area contributed by atoms with Crippen molar-refractivity contribution in [2.75, 3.05) is 0 Å². The van der Waals surface area contributed by atoms with Gasteiger partial charge in [-0.1, -0.05) is 43.9 Å². The lowest BCUT2D eigenvalue weighted by Gasteiger charge is -2.10. The molecule has 2 rings (SSSR count). The molecule has 0 unspecified atom stereocenters. The van der Waals surface area contributed by atoms with Gasteiger partial charge in [-0.15, -0.1) is 0 Å². The van der Waals surface area contributed by atoms with Crippen molar-refractivity contribution < 1.29 is 4.79 Å². The van der Waals surface area contributed by atoms with Crippen LogP contribution in [0.15, 0.2) is 18.2 Å². The molecule has 0 radical (unpaired) electrons. The normalized spacial score (nSPS) is 16.9. The molecule has 1 fully saturated rings. The Hall–Kier alpha value is -1.11. The van der Waals surface area contributed by atoms with E-state index in [0.29, 0.717) is 0 Å². The van der Waals surface area contributed by atoms with Gasteiger partial charge >= 0.3 is 0 Å². The van der Waals surface area contributed by atoms with Crippen LogP contribution < -0.4 is 0 Å². The molecule has 15 heavy (non-hydrogen) atoms. The molecule has 0 aromatic heterocycles. The summed E-state index contributed by atoms with van der Waals surface area (Å²) in [5, 5.41) is 0. The molecule has 1 aromatic carbocycles. The largest absolute Gasteiger partial charge is 0.298 e. The van der Waals surface area contributed by atoms with Crippen LogP contribution in [0.5, 0.6) is 0 Å². The van der Waals surface area contributed by atoms with Crippen molar-refractivity contribution in [2.45, 2.75) is 39.0 Å². The van der Waals surface area contributed by atoms with Crippen LogP contribution in [0.1, 0.15) is 47.2 Å². The van der Waals surface area contributed by atoms with E-state index in [9.17, 15) is 4.79 Å². The maximum atomic E-state index is 10.7. The summed E-state index contributed by atoms with van der Waals surface area (Å²) in [5.74, 6) is 0.881. The summed E-state index contributed by atoms with van der Waals surface area (Å²) in [4.78, 5) is 10.7. The fourth-order valence-corrected chi connectivity index (χ4v) is 2.54. The quantitative estimate of drug-likeness (QED) is 0.685. The number of aryl methyl sites for hydroxylation is 1. The van der Waals surface area contributed by atoms with Gasteiger partial charge in [0.15, 0.2) is 0 Å². The molecule has 1 saturated carbocycles. The van der Waals surface area contributed by atoms with E-state index in [1.54, 1.807) is 0 Å². The van der Waals surface area contributed by atoms with Crippen LogP contribution in [0.25, 0.3) is 0 Å². The van der Waals surface area contributed by atoms with E-state index < -0.39 is 0 Å². The van der Waals surface area contributed by atoms with Crippen LogP contribution in [0.4, 0.5) is 0 Å². The summed E-state index contributed by atoms with van der Waals surface area (Å²) in [5.41, 5.74) is 3.33. The number of rotatable bonds is 3. The van der Waals surface area contributed by atoms with Gasteiger partial charge in [-0.25, -0.2) is 0 Å². The maximum Gasteiger partial charge on any atom is 0.150 e. The first-order chi connectivity index (χ1) is 7.29. The molecule has 0 N–H and O–H groups in total. The van der Waals surface area contributed by atoms with Gasteiger partial charge in [-0.3, -0.25) is 4.79 Å². The third kappa shape index (κ3) is 2.47. The van der Waals surface area contributed by atoms with Crippen LogP contribution >= 0.6 is 0 Å². The highest BCUT2D eigenvalue weighted by Gasteiger charge is 2.15. The Labute approximate surface area is 91.5 Å². The molecule has 1 aromatic rings. The fraction of sp³-hybridized carbons (Fsp3) is 0.500. The zero-order chi connectivity index (χ0) is 10.7. The van der Waals surface area contributed by atoms with Crippen molar-refractivity contribution in [3.05, 3.63) is 34.9 Å². The smallest absolute Gasteiger partial charge is 0.150 e. The van der Waals surface area contributed by atoms with Crippen molar-refractivity contribution in [1.82, 2.24) is 0 Å². The van der Waals surface area contributed by atoms with E-state index in [4.69, 9.17) is 0 Å². The van der Waals surface area contributed by atoms with Crippen molar-refractivity contribution in [3.63, 3.8) is 0 Å². The highest BCUT2D eigenvalue weighted by atomic mass is 16.1. The number of carbonyl (C=O) groups is 1. The topological polar surface area (TPSA) is 17.1 Å². The predicted octanol–water partition coefficient (Wildman–Crippen LogP) is 3.54. The molecule has 0 aliphatic heterocycles. The minimum Gasteiger partial charge on any atom is -0.298 e. The zero-order valence-electron chi connectivity index (χ0n) is 9.33. The van der Waals surface area contributed by atoms with Crippen molar-refractivity contribution in [3.8, 4) is 0 Å². The standard InChI is InChI=1S/C14H18O/c1-11-8-13(6-7-14(11)10-15)9-12-4-2-3-5-12/h6-8,10,12H,2-5,9H2,1H3. The molecule has 1 nitrogen and oxygen atoms in total. The second-order valence-electron chi connectivity index (χ2n) is 4.66. The molecule has 1 aliphatic carbocycles. The summed E-state index contributed by atoms with van der Waals surface area (Å²) in [6, 6.07) is 6.23. The number of hydrogen-bond acceptors (Lipinski definition) is 1. The summed E-state index contributed by atoms with van der Waals surface area (Å²) in [6.45, 7) is 2.02. The average molecular weight is 202 g/mol. The zero-order valence-corrected chi connectivity index (χ0v) is 9.33. The van der Waals surface area contributed by atoms with Gasteiger partial charge in [0, 0.05) is 5.56 Å². The minimum absolute atomic E-state index is 0.824. The molecule has 0 atom stereocenters. The lowest BCUT2D eigenvalue weighted by molar-refractivity contribution is 0.112. The number of carbonyl (C=O) groups excluding carboxylic acids is 1. The third-order valence-corrected chi connectivity index (χ3v) is 3.46.